The first-order valence-corrected chi connectivity index (χ1v) is 6.74. The van der Waals surface area contributed by atoms with Gasteiger partial charge in [0.2, 0.25) is 0 Å². The second-order valence-corrected chi connectivity index (χ2v) is 5.54. The van der Waals surface area contributed by atoms with Crippen molar-refractivity contribution >= 4 is 5.82 Å². The molecule has 1 aliphatic carbocycles. The maximum Gasteiger partial charge on any atom is 0.129 e. The Kier molecular flexibility index (Phi) is 2.79. The number of hydrogen-bond acceptors (Lipinski definition) is 3. The summed E-state index contributed by atoms with van der Waals surface area (Å²) in [6.07, 6.45) is 7.30. The lowest BCUT2D eigenvalue weighted by molar-refractivity contribution is 0.476. The van der Waals surface area contributed by atoms with Gasteiger partial charge in [-0.15, -0.1) is 0 Å². The summed E-state index contributed by atoms with van der Waals surface area (Å²) < 4.78 is 0. The number of nitrogens with two attached hydrogens (primary N) is 1. The van der Waals surface area contributed by atoms with E-state index in [4.69, 9.17) is 10.7 Å². The van der Waals surface area contributed by atoms with Gasteiger partial charge < -0.3 is 11.1 Å². The molecular formula is C14H21N3. The van der Waals surface area contributed by atoms with Crippen LogP contribution in [0, 0.1) is 5.41 Å². The van der Waals surface area contributed by atoms with E-state index >= 15 is 0 Å². The van der Waals surface area contributed by atoms with Gasteiger partial charge in [-0.25, -0.2) is 4.98 Å². The Balaban J connectivity index is 1.67. The number of nitrogens with zero attached hydrogens (tertiary/aromatic N) is 1. The van der Waals surface area contributed by atoms with Gasteiger partial charge in [-0.3, -0.25) is 0 Å². The summed E-state index contributed by atoms with van der Waals surface area (Å²) in [7, 11) is 0. The van der Waals surface area contributed by atoms with Gasteiger partial charge in [-0.1, -0.05) is 6.07 Å². The maximum atomic E-state index is 5.81. The first-order chi connectivity index (χ1) is 8.31. The number of aryl methyl sites for hydroxylation is 2. The van der Waals surface area contributed by atoms with E-state index in [0.717, 1.165) is 25.3 Å². The van der Waals surface area contributed by atoms with Crippen LogP contribution in [0.1, 0.15) is 36.9 Å². The standard InChI is InChI=1S/C14H21N3/c15-10-14(7-8-14)6-5-12-4-3-11-2-1-9-16-13(11)17-12/h3-4H,1-2,5-10,15H2,(H,16,17). The van der Waals surface area contributed by atoms with Gasteiger partial charge in [-0.05, 0) is 62.1 Å². The molecule has 3 heteroatoms. The number of fused-ring (bicyclic) bond motifs is 1. The van der Waals surface area contributed by atoms with Gasteiger partial charge in [0.1, 0.15) is 5.82 Å². The van der Waals surface area contributed by atoms with Gasteiger partial charge in [0.05, 0.1) is 0 Å². The molecule has 0 radical (unpaired) electrons. The Hall–Kier alpha value is -1.09. The molecule has 0 amide bonds. The van der Waals surface area contributed by atoms with E-state index in [2.05, 4.69) is 17.4 Å². The quantitative estimate of drug-likeness (QED) is 0.834. The third kappa shape index (κ3) is 2.29. The minimum Gasteiger partial charge on any atom is -0.370 e. The van der Waals surface area contributed by atoms with Crippen molar-refractivity contribution < 1.29 is 0 Å². The van der Waals surface area contributed by atoms with Crippen molar-refractivity contribution in [3.05, 3.63) is 23.4 Å². The lowest BCUT2D eigenvalue weighted by Gasteiger charge is -2.18. The highest BCUT2D eigenvalue weighted by Gasteiger charge is 2.40. The predicted octanol–water partition coefficient (Wildman–Crippen LogP) is 2.11. The lowest BCUT2D eigenvalue weighted by atomic mass is 9.98. The van der Waals surface area contributed by atoms with E-state index in [9.17, 15) is 0 Å². The van der Waals surface area contributed by atoms with E-state index in [1.54, 1.807) is 0 Å². The van der Waals surface area contributed by atoms with Crippen LogP contribution in [0.5, 0.6) is 0 Å². The summed E-state index contributed by atoms with van der Waals surface area (Å²) in [6, 6.07) is 4.43. The first kappa shape index (κ1) is 11.0. The Labute approximate surface area is 103 Å². The van der Waals surface area contributed by atoms with Crippen molar-refractivity contribution in [1.82, 2.24) is 4.98 Å². The van der Waals surface area contributed by atoms with Crippen LogP contribution in [-0.4, -0.2) is 18.1 Å². The van der Waals surface area contributed by atoms with Crippen LogP contribution in [0.2, 0.25) is 0 Å². The molecule has 92 valence electrons. The van der Waals surface area contributed by atoms with E-state index in [-0.39, 0.29) is 0 Å². The average molecular weight is 231 g/mol. The number of pyridine rings is 1. The summed E-state index contributed by atoms with van der Waals surface area (Å²) in [6.45, 7) is 1.91. The van der Waals surface area contributed by atoms with E-state index in [1.165, 1.54) is 43.4 Å². The maximum absolute atomic E-state index is 5.81. The van der Waals surface area contributed by atoms with Crippen LogP contribution < -0.4 is 11.1 Å². The largest absolute Gasteiger partial charge is 0.370 e. The third-order valence-electron chi connectivity index (χ3n) is 4.25. The summed E-state index contributed by atoms with van der Waals surface area (Å²) in [5.41, 5.74) is 8.87. The minimum absolute atomic E-state index is 0.463. The highest BCUT2D eigenvalue weighted by Crippen LogP contribution is 2.48. The molecule has 0 spiro atoms. The first-order valence-electron chi connectivity index (χ1n) is 6.74. The topological polar surface area (TPSA) is 50.9 Å². The Morgan fingerprint density at radius 2 is 2.24 bits per heavy atom. The summed E-state index contributed by atoms with van der Waals surface area (Å²) in [5.74, 6) is 1.12. The van der Waals surface area contributed by atoms with Crippen molar-refractivity contribution in [3.8, 4) is 0 Å². The number of anilines is 1. The van der Waals surface area contributed by atoms with Gasteiger partial charge in [0.15, 0.2) is 0 Å². The molecule has 1 fully saturated rings. The molecule has 0 unspecified atom stereocenters. The summed E-state index contributed by atoms with van der Waals surface area (Å²) >= 11 is 0. The zero-order valence-electron chi connectivity index (χ0n) is 10.3. The lowest BCUT2D eigenvalue weighted by Crippen LogP contribution is -2.17. The molecule has 0 saturated heterocycles. The smallest absolute Gasteiger partial charge is 0.129 e. The molecule has 3 rings (SSSR count). The van der Waals surface area contributed by atoms with Crippen molar-refractivity contribution in [2.24, 2.45) is 11.1 Å². The Bertz CT molecular complexity index is 410. The van der Waals surface area contributed by atoms with E-state index in [1.807, 2.05) is 0 Å². The van der Waals surface area contributed by atoms with Gasteiger partial charge in [0.25, 0.3) is 0 Å². The monoisotopic (exact) mass is 231 g/mol. The normalized spacial score (nSPS) is 20.5. The third-order valence-corrected chi connectivity index (χ3v) is 4.25. The second-order valence-electron chi connectivity index (χ2n) is 5.54. The molecular weight excluding hydrogens is 210 g/mol. The van der Waals surface area contributed by atoms with E-state index in [0.29, 0.717) is 5.41 Å². The molecule has 0 atom stereocenters. The zero-order valence-corrected chi connectivity index (χ0v) is 10.3. The fourth-order valence-corrected chi connectivity index (χ4v) is 2.63. The molecule has 3 nitrogen and oxygen atoms in total. The second kappa shape index (κ2) is 4.30. The number of hydrogen-bond donors (Lipinski definition) is 2. The average Bonchev–Trinajstić information content (AvgIpc) is 3.17. The van der Waals surface area contributed by atoms with Crippen LogP contribution in [0.25, 0.3) is 0 Å². The van der Waals surface area contributed by atoms with Crippen molar-refractivity contribution in [3.63, 3.8) is 0 Å². The molecule has 2 heterocycles. The molecule has 0 aromatic carbocycles. The van der Waals surface area contributed by atoms with Crippen molar-refractivity contribution in [1.29, 1.82) is 0 Å². The highest BCUT2D eigenvalue weighted by molar-refractivity contribution is 5.47. The molecule has 1 saturated carbocycles. The summed E-state index contributed by atoms with van der Waals surface area (Å²) in [5, 5.41) is 3.39. The molecule has 3 N–H and O–H groups in total. The molecule has 0 bridgehead atoms. The van der Waals surface area contributed by atoms with Gasteiger partial charge in [-0.2, -0.15) is 0 Å². The van der Waals surface area contributed by atoms with Crippen molar-refractivity contribution in [2.75, 3.05) is 18.4 Å². The molecule has 2 aliphatic rings. The molecule has 1 aromatic heterocycles. The number of rotatable bonds is 4. The van der Waals surface area contributed by atoms with Gasteiger partial charge in [0, 0.05) is 12.2 Å². The Morgan fingerprint density at radius 3 is 3.00 bits per heavy atom. The number of aromatic nitrogens is 1. The van der Waals surface area contributed by atoms with Crippen molar-refractivity contribution in [2.45, 2.75) is 38.5 Å². The minimum atomic E-state index is 0.463. The van der Waals surface area contributed by atoms with Crippen LogP contribution in [0.15, 0.2) is 12.1 Å². The molecule has 1 aliphatic heterocycles. The number of nitrogens with one attached hydrogen (secondary N) is 1. The fourth-order valence-electron chi connectivity index (χ4n) is 2.63. The van der Waals surface area contributed by atoms with Gasteiger partial charge >= 0.3 is 0 Å². The fraction of sp³-hybridized carbons (Fsp3) is 0.643. The highest BCUT2D eigenvalue weighted by atomic mass is 15.0. The van der Waals surface area contributed by atoms with E-state index < -0.39 is 0 Å². The summed E-state index contributed by atoms with van der Waals surface area (Å²) in [4.78, 5) is 4.73. The van der Waals surface area contributed by atoms with Crippen LogP contribution in [-0.2, 0) is 12.8 Å². The molecule has 17 heavy (non-hydrogen) atoms. The molecule has 1 aromatic rings. The van der Waals surface area contributed by atoms with Crippen LogP contribution in [0.3, 0.4) is 0 Å². The Morgan fingerprint density at radius 1 is 1.35 bits per heavy atom. The zero-order chi connectivity index (χ0) is 11.7. The van der Waals surface area contributed by atoms with Crippen LogP contribution in [0.4, 0.5) is 5.82 Å². The van der Waals surface area contributed by atoms with Crippen LogP contribution >= 0.6 is 0 Å². The SMILES string of the molecule is NCC1(CCc2ccc3c(n2)NCCC3)CC1. The predicted molar refractivity (Wildman–Crippen MR) is 70.1 cm³/mol.